The highest BCUT2D eigenvalue weighted by Crippen LogP contribution is 2.23. The largest absolute Gasteiger partial charge is 0.368 e. The highest BCUT2D eigenvalue weighted by atomic mass is 19.1. The fourth-order valence-corrected chi connectivity index (χ4v) is 3.17. The van der Waals surface area contributed by atoms with Crippen molar-refractivity contribution in [2.45, 2.75) is 0 Å². The van der Waals surface area contributed by atoms with Gasteiger partial charge in [0.05, 0.1) is 11.3 Å². The van der Waals surface area contributed by atoms with Crippen LogP contribution in [0.1, 0.15) is 15.9 Å². The summed E-state index contributed by atoms with van der Waals surface area (Å²) >= 11 is 0. The van der Waals surface area contributed by atoms with Crippen LogP contribution in [-0.4, -0.2) is 50.1 Å². The molecular weight excluding hydrogens is 350 g/mol. The van der Waals surface area contributed by atoms with Crippen molar-refractivity contribution in [1.82, 2.24) is 10.2 Å². The average Bonchev–Trinajstić information content (AvgIpc) is 2.68. The van der Waals surface area contributed by atoms with Crippen LogP contribution in [0.25, 0.3) is 0 Å². The number of nitriles is 1. The Kier molecular flexibility index (Phi) is 5.99. The third-order valence-electron chi connectivity index (χ3n) is 4.65. The Hall–Kier alpha value is -2.98. The summed E-state index contributed by atoms with van der Waals surface area (Å²) in [6.07, 6.45) is 0. The van der Waals surface area contributed by atoms with Gasteiger partial charge in [0.2, 0.25) is 0 Å². The number of rotatable bonds is 5. The fourth-order valence-electron chi connectivity index (χ4n) is 3.17. The Morgan fingerprint density at radius 1 is 1.04 bits per heavy atom. The molecule has 1 aliphatic rings. The van der Waals surface area contributed by atoms with Gasteiger partial charge in [-0.1, -0.05) is 18.2 Å². The van der Waals surface area contributed by atoms with Gasteiger partial charge in [-0.2, -0.15) is 5.26 Å². The third kappa shape index (κ3) is 4.41. The van der Waals surface area contributed by atoms with E-state index in [1.54, 1.807) is 24.3 Å². The predicted molar refractivity (Wildman–Crippen MR) is 98.5 cm³/mol. The predicted octanol–water partition coefficient (Wildman–Crippen LogP) is 2.39. The molecule has 0 atom stereocenters. The summed E-state index contributed by atoms with van der Waals surface area (Å²) in [5, 5.41) is 11.9. The van der Waals surface area contributed by atoms with Gasteiger partial charge >= 0.3 is 0 Å². The Morgan fingerprint density at radius 3 is 2.44 bits per heavy atom. The molecule has 3 rings (SSSR count). The van der Waals surface area contributed by atoms with Gasteiger partial charge in [-0.15, -0.1) is 0 Å². The van der Waals surface area contributed by atoms with Crippen molar-refractivity contribution in [3.05, 3.63) is 65.2 Å². The number of nitrogens with zero attached hydrogens (tertiary/aromatic N) is 3. The van der Waals surface area contributed by atoms with Crippen molar-refractivity contribution in [2.24, 2.45) is 0 Å². The zero-order valence-corrected chi connectivity index (χ0v) is 14.8. The number of anilines is 1. The van der Waals surface area contributed by atoms with E-state index in [0.717, 1.165) is 13.1 Å². The number of piperazine rings is 1. The summed E-state index contributed by atoms with van der Waals surface area (Å²) in [6.45, 7) is 3.85. The van der Waals surface area contributed by atoms with Crippen molar-refractivity contribution < 1.29 is 13.6 Å². The second-order valence-corrected chi connectivity index (χ2v) is 6.31. The van der Waals surface area contributed by atoms with E-state index in [0.29, 0.717) is 31.9 Å². The van der Waals surface area contributed by atoms with Crippen LogP contribution in [0, 0.1) is 23.0 Å². The monoisotopic (exact) mass is 370 g/mol. The van der Waals surface area contributed by atoms with E-state index in [1.807, 2.05) is 11.0 Å². The van der Waals surface area contributed by atoms with Gasteiger partial charge < -0.3 is 10.2 Å². The first-order valence-electron chi connectivity index (χ1n) is 8.79. The standard InChI is InChI=1S/C20H20F2N4O/c21-17-5-2-1-4-15(17)20(27)24-8-9-25-10-12-26(13-11-25)19-7-3-6-18(22)16(19)14-23/h1-7H,8-13H2,(H,24,27). The zero-order chi connectivity index (χ0) is 19.2. The van der Waals surface area contributed by atoms with Gasteiger partial charge in [-0.25, -0.2) is 8.78 Å². The normalized spacial score (nSPS) is 14.6. The highest BCUT2D eigenvalue weighted by molar-refractivity contribution is 5.94. The second-order valence-electron chi connectivity index (χ2n) is 6.31. The van der Waals surface area contributed by atoms with Gasteiger partial charge in [-0.05, 0) is 24.3 Å². The first kappa shape index (κ1) is 18.8. The number of carbonyl (C=O) groups is 1. The molecule has 0 radical (unpaired) electrons. The molecule has 0 aromatic heterocycles. The minimum atomic E-state index is -0.535. The number of hydrogen-bond acceptors (Lipinski definition) is 4. The van der Waals surface area contributed by atoms with Crippen molar-refractivity contribution in [2.75, 3.05) is 44.2 Å². The Morgan fingerprint density at radius 2 is 1.74 bits per heavy atom. The van der Waals surface area contributed by atoms with E-state index in [2.05, 4.69) is 10.2 Å². The van der Waals surface area contributed by atoms with Crippen LogP contribution in [0.15, 0.2) is 42.5 Å². The molecule has 0 bridgehead atoms. The molecule has 1 saturated heterocycles. The van der Waals surface area contributed by atoms with Gasteiger partial charge in [0.1, 0.15) is 23.3 Å². The van der Waals surface area contributed by atoms with Crippen molar-refractivity contribution >= 4 is 11.6 Å². The maximum Gasteiger partial charge on any atom is 0.254 e. The molecule has 0 saturated carbocycles. The number of carbonyl (C=O) groups excluding carboxylic acids is 1. The molecule has 1 heterocycles. The minimum Gasteiger partial charge on any atom is -0.368 e. The minimum absolute atomic E-state index is 0.0393. The molecule has 1 aliphatic heterocycles. The Balaban J connectivity index is 1.48. The lowest BCUT2D eigenvalue weighted by Gasteiger charge is -2.36. The molecule has 2 aromatic carbocycles. The lowest BCUT2D eigenvalue weighted by molar-refractivity contribution is 0.0943. The molecule has 7 heteroatoms. The highest BCUT2D eigenvalue weighted by Gasteiger charge is 2.20. The lowest BCUT2D eigenvalue weighted by Crippen LogP contribution is -2.48. The Labute approximate surface area is 156 Å². The summed E-state index contributed by atoms with van der Waals surface area (Å²) < 4.78 is 27.4. The molecule has 1 fully saturated rings. The SMILES string of the molecule is N#Cc1c(F)cccc1N1CCN(CCNC(=O)c2ccccc2F)CC1. The van der Waals surface area contributed by atoms with Crippen molar-refractivity contribution in [1.29, 1.82) is 5.26 Å². The molecule has 27 heavy (non-hydrogen) atoms. The van der Waals surface area contributed by atoms with Gasteiger partial charge in [0.15, 0.2) is 0 Å². The number of hydrogen-bond donors (Lipinski definition) is 1. The third-order valence-corrected chi connectivity index (χ3v) is 4.65. The quantitative estimate of drug-likeness (QED) is 0.878. The van der Waals surface area contributed by atoms with Crippen LogP contribution < -0.4 is 10.2 Å². The summed E-state index contributed by atoms with van der Waals surface area (Å²) in [7, 11) is 0. The number of halogens is 2. The first-order valence-corrected chi connectivity index (χ1v) is 8.79. The molecule has 0 unspecified atom stereocenters. The average molecular weight is 370 g/mol. The van der Waals surface area contributed by atoms with Crippen LogP contribution in [0.3, 0.4) is 0 Å². The van der Waals surface area contributed by atoms with E-state index in [-0.39, 0.29) is 11.1 Å². The molecule has 1 N–H and O–H groups in total. The number of benzene rings is 2. The summed E-state index contributed by atoms with van der Waals surface area (Å²) in [6, 6.07) is 12.5. The van der Waals surface area contributed by atoms with Gasteiger partial charge in [-0.3, -0.25) is 9.69 Å². The summed E-state index contributed by atoms with van der Waals surface area (Å²) in [5.74, 6) is -1.47. The maximum atomic E-state index is 13.8. The first-order chi connectivity index (χ1) is 13.1. The molecule has 0 aliphatic carbocycles. The molecule has 0 spiro atoms. The molecule has 140 valence electrons. The molecule has 1 amide bonds. The van der Waals surface area contributed by atoms with E-state index in [4.69, 9.17) is 5.26 Å². The van der Waals surface area contributed by atoms with Crippen LogP contribution >= 0.6 is 0 Å². The van der Waals surface area contributed by atoms with Gasteiger partial charge in [0.25, 0.3) is 5.91 Å². The zero-order valence-electron chi connectivity index (χ0n) is 14.8. The maximum absolute atomic E-state index is 13.8. The fraction of sp³-hybridized carbons (Fsp3) is 0.300. The molecular formula is C20H20F2N4O. The van der Waals surface area contributed by atoms with Crippen LogP contribution in [-0.2, 0) is 0 Å². The van der Waals surface area contributed by atoms with Crippen molar-refractivity contribution in [3.63, 3.8) is 0 Å². The van der Waals surface area contributed by atoms with Crippen LogP contribution in [0.4, 0.5) is 14.5 Å². The Bertz CT molecular complexity index is 857. The van der Waals surface area contributed by atoms with Crippen molar-refractivity contribution in [3.8, 4) is 6.07 Å². The number of nitrogens with one attached hydrogen (secondary N) is 1. The van der Waals surface area contributed by atoms with Gasteiger partial charge in [0, 0.05) is 39.3 Å². The molecule has 2 aromatic rings. The van der Waals surface area contributed by atoms with E-state index < -0.39 is 17.5 Å². The smallest absolute Gasteiger partial charge is 0.254 e. The van der Waals surface area contributed by atoms with E-state index in [1.165, 1.54) is 18.2 Å². The van der Waals surface area contributed by atoms with Crippen LogP contribution in [0.2, 0.25) is 0 Å². The van der Waals surface area contributed by atoms with E-state index >= 15 is 0 Å². The second kappa shape index (κ2) is 8.60. The molecule has 5 nitrogen and oxygen atoms in total. The van der Waals surface area contributed by atoms with Crippen LogP contribution in [0.5, 0.6) is 0 Å². The summed E-state index contributed by atoms with van der Waals surface area (Å²) in [4.78, 5) is 16.2. The lowest BCUT2D eigenvalue weighted by atomic mass is 10.1. The summed E-state index contributed by atoms with van der Waals surface area (Å²) in [5.41, 5.74) is 0.727. The van der Waals surface area contributed by atoms with E-state index in [9.17, 15) is 13.6 Å². The topological polar surface area (TPSA) is 59.4 Å². The number of amides is 1.